The van der Waals surface area contributed by atoms with Crippen LogP contribution in [0.5, 0.6) is 0 Å². The first kappa shape index (κ1) is 10.7. The van der Waals surface area contributed by atoms with E-state index < -0.39 is 11.4 Å². The van der Waals surface area contributed by atoms with Gasteiger partial charge in [0.2, 0.25) is 0 Å². The van der Waals surface area contributed by atoms with Crippen molar-refractivity contribution in [3.8, 4) is 12.0 Å². The Labute approximate surface area is 96.0 Å². The Kier molecular flexibility index (Phi) is 3.44. The summed E-state index contributed by atoms with van der Waals surface area (Å²) in [6.07, 6.45) is 3.19. The monoisotopic (exact) mass is 239 g/mol. The van der Waals surface area contributed by atoms with E-state index in [0.29, 0.717) is 6.42 Å². The van der Waals surface area contributed by atoms with Gasteiger partial charge in [-0.25, -0.2) is 0 Å². The van der Waals surface area contributed by atoms with E-state index in [2.05, 4.69) is 20.9 Å². The number of hydrogen-bond acceptors (Lipinski definition) is 4. The Bertz CT molecular complexity index is 425. The standard InChI is InChI=1S/C10H9NO2S2/c1-13-6-2-3-8-4-5-10-9(7-8)14-11-15(10)12/h4-5,7,11H,3H2,1H3. The van der Waals surface area contributed by atoms with Crippen molar-refractivity contribution in [3.05, 3.63) is 23.8 Å². The Morgan fingerprint density at radius 3 is 3.27 bits per heavy atom. The fourth-order valence-corrected chi connectivity index (χ4v) is 3.42. The van der Waals surface area contributed by atoms with E-state index in [1.165, 1.54) is 11.9 Å². The highest BCUT2D eigenvalue weighted by atomic mass is 32.3. The van der Waals surface area contributed by atoms with Crippen LogP contribution in [0.3, 0.4) is 0 Å². The second kappa shape index (κ2) is 4.81. The third-order valence-electron chi connectivity index (χ3n) is 1.90. The van der Waals surface area contributed by atoms with Crippen LogP contribution in [-0.2, 0) is 22.5 Å². The van der Waals surface area contributed by atoms with Crippen LogP contribution in [0.15, 0.2) is 28.0 Å². The molecule has 1 N–H and O–H groups in total. The second-order valence-electron chi connectivity index (χ2n) is 2.89. The minimum Gasteiger partial charge on any atom is -0.592 e. The van der Waals surface area contributed by atoms with Crippen LogP contribution in [0.1, 0.15) is 5.56 Å². The minimum atomic E-state index is -1.06. The summed E-state index contributed by atoms with van der Waals surface area (Å²) in [5.41, 5.74) is 1.10. The second-order valence-corrected chi connectivity index (χ2v) is 5.18. The molecule has 0 bridgehead atoms. The van der Waals surface area contributed by atoms with Crippen LogP contribution in [-0.4, -0.2) is 11.7 Å². The van der Waals surface area contributed by atoms with Crippen molar-refractivity contribution in [2.24, 2.45) is 0 Å². The lowest BCUT2D eigenvalue weighted by molar-refractivity contribution is 0.372. The van der Waals surface area contributed by atoms with Gasteiger partial charge in [-0.15, -0.1) is 0 Å². The van der Waals surface area contributed by atoms with Gasteiger partial charge in [-0.1, -0.05) is 16.1 Å². The van der Waals surface area contributed by atoms with E-state index in [4.69, 9.17) is 0 Å². The molecule has 1 aromatic rings. The highest BCUT2D eigenvalue weighted by Gasteiger charge is 2.25. The maximum absolute atomic E-state index is 11.4. The molecule has 0 radical (unpaired) electrons. The summed E-state index contributed by atoms with van der Waals surface area (Å²) in [4.78, 5) is 1.87. The van der Waals surface area contributed by atoms with Crippen LogP contribution in [0, 0.1) is 12.0 Å². The van der Waals surface area contributed by atoms with Gasteiger partial charge < -0.3 is 9.29 Å². The normalized spacial score (nSPS) is 17.9. The third kappa shape index (κ3) is 2.41. The van der Waals surface area contributed by atoms with Gasteiger partial charge in [0, 0.05) is 18.4 Å². The van der Waals surface area contributed by atoms with Gasteiger partial charge in [0.25, 0.3) is 0 Å². The molecule has 0 amide bonds. The number of ether oxygens (including phenoxy) is 1. The molecule has 0 aliphatic carbocycles. The first-order chi connectivity index (χ1) is 7.31. The summed E-state index contributed by atoms with van der Waals surface area (Å²) in [5, 5.41) is 0. The average molecular weight is 239 g/mol. The van der Waals surface area contributed by atoms with Crippen molar-refractivity contribution in [1.29, 1.82) is 0 Å². The van der Waals surface area contributed by atoms with Gasteiger partial charge in [-0.05, 0) is 17.7 Å². The number of benzene rings is 1. The lowest BCUT2D eigenvalue weighted by Crippen LogP contribution is -2.09. The van der Waals surface area contributed by atoms with Gasteiger partial charge >= 0.3 is 0 Å². The number of rotatable bonds is 1. The molecule has 15 heavy (non-hydrogen) atoms. The molecule has 1 aliphatic heterocycles. The number of methoxy groups -OCH3 is 1. The van der Waals surface area contributed by atoms with Crippen molar-refractivity contribution >= 4 is 23.3 Å². The lowest BCUT2D eigenvalue weighted by Gasteiger charge is -2.00. The Morgan fingerprint density at radius 1 is 1.60 bits per heavy atom. The first-order valence-corrected chi connectivity index (χ1v) is 6.26. The summed E-state index contributed by atoms with van der Waals surface area (Å²) in [6, 6.07) is 5.82. The van der Waals surface area contributed by atoms with Crippen molar-refractivity contribution in [3.63, 3.8) is 0 Å². The Hall–Kier alpha value is -0.800. The van der Waals surface area contributed by atoms with Gasteiger partial charge in [-0.3, -0.25) is 0 Å². The fraction of sp³-hybridized carbons (Fsp3) is 0.200. The molecule has 78 valence electrons. The molecule has 0 aromatic heterocycles. The maximum Gasteiger partial charge on any atom is 0.189 e. The summed E-state index contributed by atoms with van der Waals surface area (Å²) < 4.78 is 18.8. The van der Waals surface area contributed by atoms with Gasteiger partial charge in [-0.2, -0.15) is 0 Å². The van der Waals surface area contributed by atoms with Crippen molar-refractivity contribution in [2.45, 2.75) is 16.2 Å². The summed E-state index contributed by atoms with van der Waals surface area (Å²) in [7, 11) is 1.54. The largest absolute Gasteiger partial charge is 0.592 e. The van der Waals surface area contributed by atoms with Gasteiger partial charge in [0.1, 0.15) is 6.11 Å². The van der Waals surface area contributed by atoms with Crippen LogP contribution in [0.25, 0.3) is 0 Å². The molecule has 1 aromatic carbocycles. The van der Waals surface area contributed by atoms with Crippen molar-refractivity contribution < 1.29 is 9.29 Å². The predicted octanol–water partition coefficient (Wildman–Crippen LogP) is 1.47. The van der Waals surface area contributed by atoms with E-state index in [9.17, 15) is 4.55 Å². The van der Waals surface area contributed by atoms with Crippen molar-refractivity contribution in [2.75, 3.05) is 7.11 Å². The molecule has 0 saturated heterocycles. The average Bonchev–Trinajstić information content (AvgIpc) is 2.61. The highest BCUT2D eigenvalue weighted by molar-refractivity contribution is 8.11. The van der Waals surface area contributed by atoms with Crippen LogP contribution in [0.2, 0.25) is 0 Å². The molecule has 0 spiro atoms. The highest BCUT2D eigenvalue weighted by Crippen LogP contribution is 2.33. The van der Waals surface area contributed by atoms with Crippen LogP contribution in [0.4, 0.5) is 0 Å². The maximum atomic E-state index is 11.4. The Morgan fingerprint density at radius 2 is 2.47 bits per heavy atom. The fourth-order valence-electron chi connectivity index (χ4n) is 1.23. The van der Waals surface area contributed by atoms with Gasteiger partial charge in [0.15, 0.2) is 4.90 Å². The Balaban J connectivity index is 2.16. The first-order valence-electron chi connectivity index (χ1n) is 4.29. The molecule has 1 unspecified atom stereocenters. The van der Waals surface area contributed by atoms with E-state index in [0.717, 1.165) is 15.4 Å². The number of nitrogens with one attached hydrogen (secondary N) is 1. The third-order valence-corrected chi connectivity index (χ3v) is 4.28. The van der Waals surface area contributed by atoms with E-state index >= 15 is 0 Å². The zero-order valence-corrected chi connectivity index (χ0v) is 9.71. The predicted molar refractivity (Wildman–Crippen MR) is 60.3 cm³/mol. The topological polar surface area (TPSA) is 44.3 Å². The van der Waals surface area contributed by atoms with E-state index in [1.807, 2.05) is 18.2 Å². The molecule has 0 saturated carbocycles. The van der Waals surface area contributed by atoms with Gasteiger partial charge in [0.05, 0.1) is 23.4 Å². The molecule has 3 nitrogen and oxygen atoms in total. The summed E-state index contributed by atoms with van der Waals surface area (Å²) in [6.45, 7) is 0. The molecule has 5 heteroatoms. The molecule has 1 atom stereocenters. The molecule has 2 rings (SSSR count). The lowest BCUT2D eigenvalue weighted by atomic mass is 10.2. The minimum absolute atomic E-state index is 0.647. The number of hydrogen-bond donors (Lipinski definition) is 1. The molecule has 1 heterocycles. The molecular weight excluding hydrogens is 230 g/mol. The smallest absolute Gasteiger partial charge is 0.189 e. The quantitative estimate of drug-likeness (QED) is 0.458. The zero-order valence-electron chi connectivity index (χ0n) is 8.07. The molecular formula is C10H9NO2S2. The summed E-state index contributed by atoms with van der Waals surface area (Å²) in [5.74, 6) is 2.88. The molecule has 0 fully saturated rings. The number of fused-ring (bicyclic) bond motifs is 1. The van der Waals surface area contributed by atoms with E-state index in [1.54, 1.807) is 7.11 Å². The zero-order chi connectivity index (χ0) is 10.7. The SMILES string of the molecule is COC#CCc1ccc2c(c1)SN[S+]2[O-]. The van der Waals surface area contributed by atoms with E-state index in [-0.39, 0.29) is 0 Å². The van der Waals surface area contributed by atoms with Crippen molar-refractivity contribution in [1.82, 2.24) is 4.13 Å². The summed E-state index contributed by atoms with van der Waals surface area (Å²) >= 11 is 0.339. The molecule has 1 aliphatic rings. The van der Waals surface area contributed by atoms with Crippen LogP contribution >= 0.6 is 11.9 Å². The van der Waals surface area contributed by atoms with Crippen LogP contribution < -0.4 is 4.13 Å².